The Morgan fingerprint density at radius 3 is 2.37 bits per heavy atom. The van der Waals surface area contributed by atoms with Gasteiger partial charge in [0.15, 0.2) is 0 Å². The second-order valence-electron chi connectivity index (χ2n) is 10.1. The van der Waals surface area contributed by atoms with E-state index < -0.39 is 6.09 Å². The molecule has 2 N–H and O–H groups in total. The Morgan fingerprint density at radius 1 is 1.03 bits per heavy atom. The van der Waals surface area contributed by atoms with Crippen LogP contribution < -0.4 is 5.69 Å². The topological polar surface area (TPSA) is 81.6 Å². The number of nitrogens with one attached hydrogen (secondary N) is 1. The Balaban J connectivity index is 1.56. The summed E-state index contributed by atoms with van der Waals surface area (Å²) in [6.45, 7) is 4.31. The van der Waals surface area contributed by atoms with Crippen molar-refractivity contribution < 1.29 is 9.90 Å². The van der Waals surface area contributed by atoms with E-state index in [9.17, 15) is 14.7 Å². The zero-order valence-electron chi connectivity index (χ0n) is 21.5. The third kappa shape index (κ3) is 5.49. The fourth-order valence-corrected chi connectivity index (χ4v) is 6.14. The molecule has 4 aromatic rings. The van der Waals surface area contributed by atoms with E-state index in [0.717, 1.165) is 23.0 Å². The minimum atomic E-state index is -0.915. The molecular weight excluding hydrogens is 500 g/mol. The third-order valence-electron chi connectivity index (χ3n) is 7.76. The summed E-state index contributed by atoms with van der Waals surface area (Å²) in [5.74, 6) is -0.0854. The number of piperidine rings is 1. The minimum absolute atomic E-state index is 0.0265. The summed E-state index contributed by atoms with van der Waals surface area (Å²) in [6.07, 6.45) is 0.475. The van der Waals surface area contributed by atoms with E-state index in [4.69, 9.17) is 11.6 Å². The zero-order valence-corrected chi connectivity index (χ0v) is 22.2. The van der Waals surface area contributed by atoms with Gasteiger partial charge in [-0.3, -0.25) is 9.47 Å². The van der Waals surface area contributed by atoms with E-state index in [2.05, 4.69) is 28.9 Å². The van der Waals surface area contributed by atoms with Crippen molar-refractivity contribution in [3.05, 3.63) is 105 Å². The number of imidazole rings is 1. The quantitative estimate of drug-likeness (QED) is 0.291. The molecule has 1 aromatic heterocycles. The fraction of sp³-hybridized carbons (Fsp3) is 0.333. The molecule has 8 heteroatoms. The van der Waals surface area contributed by atoms with Gasteiger partial charge in [-0.05, 0) is 48.2 Å². The molecule has 0 radical (unpaired) electrons. The summed E-state index contributed by atoms with van der Waals surface area (Å²) in [6, 6.07) is 25.8. The van der Waals surface area contributed by atoms with Crippen LogP contribution in [-0.4, -0.2) is 49.7 Å². The number of rotatable bonds is 8. The Bertz CT molecular complexity index is 1430. The van der Waals surface area contributed by atoms with Crippen molar-refractivity contribution >= 4 is 28.7 Å². The van der Waals surface area contributed by atoms with Gasteiger partial charge in [0.2, 0.25) is 0 Å². The maximum Gasteiger partial charge on any atom is 0.407 e. The molecule has 198 valence electrons. The van der Waals surface area contributed by atoms with E-state index in [1.807, 2.05) is 71.3 Å². The minimum Gasteiger partial charge on any atom is -0.465 e. The number of fused-ring (bicyclic) bond motifs is 1. The number of carboxylic acid groups (broad SMARTS) is 1. The van der Waals surface area contributed by atoms with Gasteiger partial charge in [-0.1, -0.05) is 73.1 Å². The first-order valence-electron chi connectivity index (χ1n) is 13.1. The van der Waals surface area contributed by atoms with Crippen molar-refractivity contribution in [2.75, 3.05) is 13.1 Å². The van der Waals surface area contributed by atoms with Crippen molar-refractivity contribution in [3.8, 4) is 0 Å². The first-order chi connectivity index (χ1) is 18.4. The zero-order chi connectivity index (χ0) is 26.6. The lowest BCUT2D eigenvalue weighted by atomic mass is 9.83. The fourth-order valence-electron chi connectivity index (χ4n) is 6.01. The standard InChI is InChI=1S/C30H33ClN4O3/c1-2-26(34(18-21-8-4-3-5-9-21)19-22-12-14-23(31)15-13-22)24-20-33(30(37)38)17-16-27(24)35-28-11-7-6-10-25(28)32-29(35)36/h3-15,24,26-27H,2,16-20H2,1H3,(H,32,36)(H,37,38). The molecule has 1 aliphatic rings. The van der Waals surface area contributed by atoms with Gasteiger partial charge in [-0.15, -0.1) is 0 Å². The summed E-state index contributed by atoms with van der Waals surface area (Å²) in [5.41, 5.74) is 3.83. The number of aromatic nitrogens is 2. The largest absolute Gasteiger partial charge is 0.465 e. The normalized spacial score (nSPS) is 18.7. The molecule has 2 heterocycles. The number of likely N-dealkylation sites (tertiary alicyclic amines) is 1. The Labute approximate surface area is 227 Å². The van der Waals surface area contributed by atoms with Crippen molar-refractivity contribution in [2.24, 2.45) is 5.92 Å². The average molecular weight is 533 g/mol. The lowest BCUT2D eigenvalue weighted by molar-refractivity contribution is 0.0341. The van der Waals surface area contributed by atoms with Crippen LogP contribution in [0.5, 0.6) is 0 Å². The molecule has 3 aromatic carbocycles. The molecule has 1 amide bonds. The van der Waals surface area contributed by atoms with Gasteiger partial charge in [0, 0.05) is 49.2 Å². The number of halogens is 1. The number of hydrogen-bond acceptors (Lipinski definition) is 3. The molecule has 3 atom stereocenters. The first kappa shape index (κ1) is 26.1. The molecule has 7 nitrogen and oxygen atoms in total. The average Bonchev–Trinajstić information content (AvgIpc) is 3.26. The van der Waals surface area contributed by atoms with Gasteiger partial charge in [0.1, 0.15) is 0 Å². The predicted molar refractivity (Wildman–Crippen MR) is 151 cm³/mol. The molecule has 5 rings (SSSR count). The summed E-state index contributed by atoms with van der Waals surface area (Å²) in [7, 11) is 0. The Hall–Kier alpha value is -3.55. The summed E-state index contributed by atoms with van der Waals surface area (Å²) in [4.78, 5) is 32.3. The third-order valence-corrected chi connectivity index (χ3v) is 8.01. The SMILES string of the molecule is CCC(C1CN(C(=O)O)CCC1n1c(=O)[nH]c2ccccc21)N(Cc1ccccc1)Cc1ccc(Cl)cc1. The molecule has 0 aliphatic carbocycles. The van der Waals surface area contributed by atoms with Crippen LogP contribution in [-0.2, 0) is 13.1 Å². The molecular formula is C30H33ClN4O3. The maximum atomic E-state index is 13.2. The molecule has 0 spiro atoms. The van der Waals surface area contributed by atoms with Crippen LogP contribution in [0.2, 0.25) is 5.02 Å². The molecule has 0 saturated carbocycles. The van der Waals surface area contributed by atoms with Crippen LogP contribution in [0.25, 0.3) is 11.0 Å². The van der Waals surface area contributed by atoms with E-state index in [-0.39, 0.29) is 23.7 Å². The highest BCUT2D eigenvalue weighted by Crippen LogP contribution is 2.36. The van der Waals surface area contributed by atoms with Gasteiger partial charge < -0.3 is 15.0 Å². The number of para-hydroxylation sites is 2. The van der Waals surface area contributed by atoms with Crippen molar-refractivity contribution in [3.63, 3.8) is 0 Å². The lowest BCUT2D eigenvalue weighted by Crippen LogP contribution is -2.53. The summed E-state index contributed by atoms with van der Waals surface area (Å²) < 4.78 is 1.87. The lowest BCUT2D eigenvalue weighted by Gasteiger charge is -2.45. The number of carbonyl (C=O) groups is 1. The van der Waals surface area contributed by atoms with Crippen molar-refractivity contribution in [1.82, 2.24) is 19.4 Å². The molecule has 38 heavy (non-hydrogen) atoms. The molecule has 0 bridgehead atoms. The van der Waals surface area contributed by atoms with Gasteiger partial charge >= 0.3 is 11.8 Å². The van der Waals surface area contributed by atoms with Crippen LogP contribution in [0.15, 0.2) is 83.7 Å². The van der Waals surface area contributed by atoms with Crippen LogP contribution in [0.1, 0.15) is 36.9 Å². The summed E-state index contributed by atoms with van der Waals surface area (Å²) >= 11 is 6.16. The van der Waals surface area contributed by atoms with E-state index in [1.165, 1.54) is 10.5 Å². The van der Waals surface area contributed by atoms with Gasteiger partial charge in [-0.2, -0.15) is 0 Å². The van der Waals surface area contributed by atoms with Gasteiger partial charge in [0.25, 0.3) is 0 Å². The number of nitrogens with zero attached hydrogens (tertiary/aromatic N) is 3. The molecule has 1 saturated heterocycles. The first-order valence-corrected chi connectivity index (χ1v) is 13.5. The number of H-pyrrole nitrogens is 1. The van der Waals surface area contributed by atoms with Crippen LogP contribution in [0, 0.1) is 5.92 Å². The van der Waals surface area contributed by atoms with Crippen molar-refractivity contribution in [1.29, 1.82) is 0 Å². The van der Waals surface area contributed by atoms with E-state index in [1.54, 1.807) is 0 Å². The van der Waals surface area contributed by atoms with E-state index in [0.29, 0.717) is 37.6 Å². The van der Waals surface area contributed by atoms with Crippen LogP contribution in [0.3, 0.4) is 0 Å². The van der Waals surface area contributed by atoms with Gasteiger partial charge in [0.05, 0.1) is 11.0 Å². The second kappa shape index (κ2) is 11.5. The number of hydrogen-bond donors (Lipinski definition) is 2. The summed E-state index contributed by atoms with van der Waals surface area (Å²) in [5, 5.41) is 10.6. The van der Waals surface area contributed by atoms with Crippen LogP contribution in [0.4, 0.5) is 4.79 Å². The van der Waals surface area contributed by atoms with E-state index >= 15 is 0 Å². The Morgan fingerprint density at radius 2 is 1.68 bits per heavy atom. The number of benzene rings is 3. The monoisotopic (exact) mass is 532 g/mol. The maximum absolute atomic E-state index is 13.2. The highest BCUT2D eigenvalue weighted by Gasteiger charge is 2.40. The van der Waals surface area contributed by atoms with Gasteiger partial charge in [-0.25, -0.2) is 9.59 Å². The molecule has 1 aliphatic heterocycles. The smallest absolute Gasteiger partial charge is 0.407 e. The van der Waals surface area contributed by atoms with Crippen LogP contribution >= 0.6 is 11.6 Å². The Kier molecular flexibility index (Phi) is 7.86. The van der Waals surface area contributed by atoms with Crippen molar-refractivity contribution in [2.45, 2.75) is 44.9 Å². The number of amides is 1. The number of aromatic amines is 1. The molecule has 1 fully saturated rings. The highest BCUT2D eigenvalue weighted by molar-refractivity contribution is 6.30. The predicted octanol–water partition coefficient (Wildman–Crippen LogP) is 6.01. The molecule has 3 unspecified atom stereocenters. The second-order valence-corrected chi connectivity index (χ2v) is 10.5. The highest BCUT2D eigenvalue weighted by atomic mass is 35.5.